The van der Waals surface area contributed by atoms with E-state index in [4.69, 9.17) is 0 Å². The summed E-state index contributed by atoms with van der Waals surface area (Å²) in [7, 11) is 1.33. The van der Waals surface area contributed by atoms with Crippen LogP contribution in [0.4, 0.5) is 13.2 Å². The number of hydrogen-bond donors (Lipinski definition) is 0. The largest absolute Gasteiger partial charge is 0.574 e. The zero-order valence-electron chi connectivity index (χ0n) is 5.51. The van der Waals surface area contributed by atoms with Gasteiger partial charge in [-0.05, 0) is 0 Å². The van der Waals surface area contributed by atoms with Crippen molar-refractivity contribution in [2.24, 2.45) is 7.05 Å². The van der Waals surface area contributed by atoms with Gasteiger partial charge in [0.05, 0.1) is 0 Å². The van der Waals surface area contributed by atoms with Crippen LogP contribution in [0.15, 0.2) is 6.07 Å². The van der Waals surface area contributed by atoms with Crippen molar-refractivity contribution in [2.45, 2.75) is 6.36 Å². The summed E-state index contributed by atoms with van der Waals surface area (Å²) in [6.07, 6.45) is -2.46. The van der Waals surface area contributed by atoms with Crippen LogP contribution in [0.1, 0.15) is 0 Å². The quantitative estimate of drug-likeness (QED) is 0.623. The van der Waals surface area contributed by atoms with Crippen molar-refractivity contribution in [3.8, 4) is 5.88 Å². The number of hydrogen-bond acceptors (Lipinski definition) is 2. The van der Waals surface area contributed by atoms with Gasteiger partial charge >= 0.3 is 6.36 Å². The molecule has 0 amide bonds. The lowest BCUT2D eigenvalue weighted by Gasteiger charge is -2.07. The van der Waals surface area contributed by atoms with E-state index in [1.165, 1.54) is 7.05 Å². The smallest absolute Gasteiger partial charge is 0.388 e. The zero-order valence-corrected chi connectivity index (χ0v) is 5.51. The van der Waals surface area contributed by atoms with Crippen LogP contribution in [0, 0.1) is 6.20 Å². The molecular weight excluding hydrogens is 161 g/mol. The molecular formula is C5H4F3N2O. The minimum Gasteiger partial charge on any atom is -0.388 e. The standard InChI is InChI=1S/C5H4F3N2O/c1-10-4(2-3-9-10)11-5(6,7)8/h2H,1H3. The molecule has 0 aliphatic carbocycles. The van der Waals surface area contributed by atoms with Gasteiger partial charge in [0.2, 0.25) is 5.88 Å². The van der Waals surface area contributed by atoms with Crippen molar-refractivity contribution in [3.05, 3.63) is 12.3 Å². The molecule has 61 valence electrons. The van der Waals surface area contributed by atoms with Crippen LogP contribution in [0.5, 0.6) is 5.88 Å². The molecule has 0 aromatic carbocycles. The van der Waals surface area contributed by atoms with Crippen molar-refractivity contribution in [1.29, 1.82) is 0 Å². The van der Waals surface area contributed by atoms with Crippen molar-refractivity contribution >= 4 is 0 Å². The first-order valence-corrected chi connectivity index (χ1v) is 2.65. The lowest BCUT2D eigenvalue weighted by Crippen LogP contribution is -2.18. The Labute approximate surface area is 60.4 Å². The molecule has 0 fully saturated rings. The van der Waals surface area contributed by atoms with Gasteiger partial charge in [0.15, 0.2) is 0 Å². The van der Waals surface area contributed by atoms with E-state index in [9.17, 15) is 13.2 Å². The van der Waals surface area contributed by atoms with Gasteiger partial charge in [-0.15, -0.1) is 13.2 Å². The first-order valence-electron chi connectivity index (χ1n) is 2.65. The van der Waals surface area contributed by atoms with E-state index in [1.807, 2.05) is 0 Å². The fourth-order valence-electron chi connectivity index (χ4n) is 0.527. The Kier molecular flexibility index (Phi) is 1.76. The Morgan fingerprint density at radius 2 is 2.27 bits per heavy atom. The second-order valence-electron chi connectivity index (χ2n) is 1.78. The molecule has 0 saturated carbocycles. The summed E-state index contributed by atoms with van der Waals surface area (Å²) >= 11 is 0. The maximum Gasteiger partial charge on any atom is 0.574 e. The minimum atomic E-state index is -4.67. The highest BCUT2D eigenvalue weighted by molar-refractivity contribution is 5.05. The van der Waals surface area contributed by atoms with E-state index in [0.717, 1.165) is 10.7 Å². The van der Waals surface area contributed by atoms with Crippen molar-refractivity contribution in [2.75, 3.05) is 0 Å². The Balaban J connectivity index is 2.72. The highest BCUT2D eigenvalue weighted by Gasteiger charge is 2.32. The number of ether oxygens (including phenoxy) is 1. The molecule has 0 atom stereocenters. The number of alkyl halides is 3. The molecule has 0 aliphatic heterocycles. The van der Waals surface area contributed by atoms with Crippen LogP contribution >= 0.6 is 0 Å². The van der Waals surface area contributed by atoms with Gasteiger partial charge < -0.3 is 4.74 Å². The highest BCUT2D eigenvalue weighted by atomic mass is 19.4. The molecule has 0 unspecified atom stereocenters. The SMILES string of the molecule is Cn1n[c]cc1OC(F)(F)F. The average Bonchev–Trinajstić information content (AvgIpc) is 2.12. The average molecular weight is 165 g/mol. The lowest BCUT2D eigenvalue weighted by atomic mass is 10.7. The number of halogens is 3. The Bertz CT molecular complexity index is 242. The summed E-state index contributed by atoms with van der Waals surface area (Å²) in [5.41, 5.74) is 0. The maximum absolute atomic E-state index is 11.5. The monoisotopic (exact) mass is 165 g/mol. The van der Waals surface area contributed by atoms with Crippen LogP contribution in [0.25, 0.3) is 0 Å². The molecule has 1 rings (SSSR count). The zero-order chi connectivity index (χ0) is 8.48. The number of aryl methyl sites for hydroxylation is 1. The predicted octanol–water partition coefficient (Wildman–Crippen LogP) is 1.12. The third-order valence-electron chi connectivity index (χ3n) is 0.935. The van der Waals surface area contributed by atoms with Gasteiger partial charge in [0.25, 0.3) is 0 Å². The third kappa shape index (κ3) is 2.14. The molecule has 0 bridgehead atoms. The van der Waals surface area contributed by atoms with Crippen LogP contribution in [0.3, 0.4) is 0 Å². The topological polar surface area (TPSA) is 27.1 Å². The number of rotatable bonds is 1. The van der Waals surface area contributed by atoms with E-state index < -0.39 is 6.36 Å². The number of nitrogens with zero attached hydrogens (tertiary/aromatic N) is 2. The first-order chi connectivity index (χ1) is 4.99. The molecule has 1 aromatic rings. The Morgan fingerprint density at radius 1 is 1.64 bits per heavy atom. The molecule has 1 heterocycles. The third-order valence-corrected chi connectivity index (χ3v) is 0.935. The maximum atomic E-state index is 11.5. The summed E-state index contributed by atoms with van der Waals surface area (Å²) in [5, 5.41) is 3.37. The van der Waals surface area contributed by atoms with Crippen LogP contribution in [-0.2, 0) is 7.05 Å². The fourth-order valence-corrected chi connectivity index (χ4v) is 0.527. The van der Waals surface area contributed by atoms with E-state index >= 15 is 0 Å². The fraction of sp³-hybridized carbons (Fsp3) is 0.400. The van der Waals surface area contributed by atoms with E-state index in [2.05, 4.69) is 16.0 Å². The Morgan fingerprint density at radius 3 is 2.64 bits per heavy atom. The second kappa shape index (κ2) is 2.44. The number of aromatic nitrogens is 2. The molecule has 3 nitrogen and oxygen atoms in total. The summed E-state index contributed by atoms with van der Waals surface area (Å²) in [6, 6.07) is 1.01. The second-order valence-corrected chi connectivity index (χ2v) is 1.78. The normalized spacial score (nSPS) is 11.6. The van der Waals surface area contributed by atoms with Gasteiger partial charge in [0, 0.05) is 13.1 Å². The van der Waals surface area contributed by atoms with Crippen molar-refractivity contribution in [3.63, 3.8) is 0 Å². The van der Waals surface area contributed by atoms with Gasteiger partial charge in [-0.2, -0.15) is 5.10 Å². The van der Waals surface area contributed by atoms with Crippen molar-refractivity contribution in [1.82, 2.24) is 9.78 Å². The van der Waals surface area contributed by atoms with Gasteiger partial charge in [-0.25, -0.2) is 4.68 Å². The molecule has 6 heteroatoms. The summed E-state index contributed by atoms with van der Waals surface area (Å²) in [6.45, 7) is 0. The van der Waals surface area contributed by atoms with Crippen molar-refractivity contribution < 1.29 is 17.9 Å². The van der Waals surface area contributed by atoms with Crippen LogP contribution in [-0.4, -0.2) is 16.1 Å². The van der Waals surface area contributed by atoms with Gasteiger partial charge in [-0.1, -0.05) is 0 Å². The predicted molar refractivity (Wildman–Crippen MR) is 28.7 cm³/mol. The van der Waals surface area contributed by atoms with E-state index in [-0.39, 0.29) is 5.88 Å². The molecule has 0 aliphatic rings. The van der Waals surface area contributed by atoms with E-state index in [0.29, 0.717) is 0 Å². The molecule has 1 aromatic heterocycles. The molecule has 0 saturated heterocycles. The lowest BCUT2D eigenvalue weighted by molar-refractivity contribution is -0.277. The summed E-state index contributed by atoms with van der Waals surface area (Å²) in [4.78, 5) is 0. The molecule has 1 radical (unpaired) electrons. The van der Waals surface area contributed by atoms with Crippen LogP contribution in [0.2, 0.25) is 0 Å². The molecule has 11 heavy (non-hydrogen) atoms. The first kappa shape index (κ1) is 7.90. The van der Waals surface area contributed by atoms with Crippen LogP contribution < -0.4 is 4.74 Å². The molecule has 0 spiro atoms. The summed E-state index contributed by atoms with van der Waals surface area (Å²) in [5.74, 6) is -0.377. The molecule has 0 N–H and O–H groups in total. The van der Waals surface area contributed by atoms with Gasteiger partial charge in [0.1, 0.15) is 6.20 Å². The minimum absolute atomic E-state index is 0.377. The van der Waals surface area contributed by atoms with Gasteiger partial charge in [-0.3, -0.25) is 0 Å². The Hall–Kier alpha value is -1.20. The summed E-state index contributed by atoms with van der Waals surface area (Å²) < 4.78 is 39.0. The highest BCUT2D eigenvalue weighted by Crippen LogP contribution is 2.20. The van der Waals surface area contributed by atoms with E-state index in [1.54, 1.807) is 0 Å².